The molecule has 0 aliphatic heterocycles. The molecule has 0 amide bonds. The summed E-state index contributed by atoms with van der Waals surface area (Å²) in [7, 11) is -1.13. The molecule has 4 aromatic rings. The van der Waals surface area contributed by atoms with Gasteiger partial charge in [-0.1, -0.05) is 43.9 Å². The zero-order chi connectivity index (χ0) is 32.3. The molecular formula is C37H45N3O5Si. The van der Waals surface area contributed by atoms with Crippen LogP contribution in [0.4, 0.5) is 0 Å². The molecule has 2 bridgehead atoms. The van der Waals surface area contributed by atoms with Crippen LogP contribution in [0.3, 0.4) is 0 Å². The number of hydrogen-bond donors (Lipinski definition) is 0. The fraction of sp³-hybridized carbons (Fsp3) is 0.459. The lowest BCUT2D eigenvalue weighted by Gasteiger charge is -2.35. The second-order valence-electron chi connectivity index (χ2n) is 14.3. The SMILES string of the molecule is CC(=O)OCC(=O)C1CC2CCC(C1)C2Cc1ccc2cc(Oc3ccc(-c4ccnn4COCC[Si](C)(C)C)cn3)ccc2c1. The Kier molecular flexibility index (Phi) is 9.70. The summed E-state index contributed by atoms with van der Waals surface area (Å²) in [5.41, 5.74) is 3.26. The number of benzene rings is 2. The molecule has 2 heterocycles. The van der Waals surface area contributed by atoms with Crippen molar-refractivity contribution in [1.82, 2.24) is 14.8 Å². The molecule has 2 aromatic heterocycles. The van der Waals surface area contributed by atoms with Gasteiger partial charge >= 0.3 is 5.97 Å². The van der Waals surface area contributed by atoms with Crippen LogP contribution < -0.4 is 4.74 Å². The number of pyridine rings is 1. The molecule has 2 saturated carbocycles. The first-order chi connectivity index (χ1) is 22.1. The molecule has 2 unspecified atom stereocenters. The van der Waals surface area contributed by atoms with E-state index in [4.69, 9.17) is 14.2 Å². The second kappa shape index (κ2) is 13.9. The summed E-state index contributed by atoms with van der Waals surface area (Å²) in [6.07, 6.45) is 8.85. The number of ketones is 1. The molecule has 2 aliphatic rings. The Hall–Kier alpha value is -3.82. The zero-order valence-corrected chi connectivity index (χ0v) is 28.4. The Labute approximate surface area is 272 Å². The van der Waals surface area contributed by atoms with Gasteiger partial charge in [-0.05, 0) is 96.5 Å². The van der Waals surface area contributed by atoms with E-state index in [2.05, 4.69) is 60.1 Å². The predicted molar refractivity (Wildman–Crippen MR) is 181 cm³/mol. The second-order valence-corrected chi connectivity index (χ2v) is 19.9. The zero-order valence-electron chi connectivity index (χ0n) is 27.4. The van der Waals surface area contributed by atoms with Crippen LogP contribution in [-0.2, 0) is 32.2 Å². The smallest absolute Gasteiger partial charge is 0.303 e. The number of ether oxygens (including phenoxy) is 3. The number of hydrogen-bond acceptors (Lipinski definition) is 7. The molecule has 2 aliphatic carbocycles. The Morgan fingerprint density at radius 1 is 0.957 bits per heavy atom. The lowest BCUT2D eigenvalue weighted by molar-refractivity contribution is -0.147. The summed E-state index contributed by atoms with van der Waals surface area (Å²) in [6.45, 7) is 9.49. The van der Waals surface area contributed by atoms with Crippen LogP contribution in [-0.4, -0.2) is 47.8 Å². The number of Topliss-reactive ketones (excluding diaryl/α,β-unsaturated/α-hetero) is 1. The molecule has 0 radical (unpaired) electrons. The lowest BCUT2D eigenvalue weighted by Crippen LogP contribution is -2.33. The van der Waals surface area contributed by atoms with Crippen molar-refractivity contribution in [3.05, 3.63) is 72.6 Å². The largest absolute Gasteiger partial charge is 0.458 e. The molecule has 46 heavy (non-hydrogen) atoms. The van der Waals surface area contributed by atoms with Crippen molar-refractivity contribution in [2.24, 2.45) is 23.7 Å². The number of nitrogens with zero attached hydrogens (tertiary/aromatic N) is 3. The fourth-order valence-electron chi connectivity index (χ4n) is 7.20. The van der Waals surface area contributed by atoms with Gasteiger partial charge in [-0.25, -0.2) is 9.67 Å². The van der Waals surface area contributed by atoms with Gasteiger partial charge in [0.25, 0.3) is 0 Å². The van der Waals surface area contributed by atoms with E-state index in [-0.39, 0.29) is 24.3 Å². The first kappa shape index (κ1) is 32.1. The van der Waals surface area contributed by atoms with E-state index >= 15 is 0 Å². The maximum Gasteiger partial charge on any atom is 0.303 e. The standard InChI is InChI=1S/C37H45N3O5Si/c1-25(41)44-23-36(42)32-19-29-7-8-30(20-32)34(29)18-26-5-6-28-21-33(11-9-27(28)17-26)45-37-12-10-31(22-38-37)35-13-14-39-40(35)24-43-15-16-46(2,3)4/h5-6,9-14,17,21-22,29-30,32,34H,7-8,15-16,18-20,23-24H2,1-4H3. The van der Waals surface area contributed by atoms with Gasteiger partial charge in [0.1, 0.15) is 19.1 Å². The third-order valence-corrected chi connectivity index (χ3v) is 11.4. The fourth-order valence-corrected chi connectivity index (χ4v) is 7.96. The maximum absolute atomic E-state index is 12.6. The average Bonchev–Trinajstić information content (AvgIpc) is 3.57. The van der Waals surface area contributed by atoms with Crippen molar-refractivity contribution in [3.63, 3.8) is 0 Å². The first-order valence-corrected chi connectivity index (χ1v) is 20.2. The summed E-state index contributed by atoms with van der Waals surface area (Å²) in [4.78, 5) is 28.3. The minimum absolute atomic E-state index is 0.0291. The maximum atomic E-state index is 12.6. The Morgan fingerprint density at radius 3 is 2.43 bits per heavy atom. The van der Waals surface area contributed by atoms with Crippen LogP contribution in [0, 0.1) is 23.7 Å². The quantitative estimate of drug-likeness (QED) is 0.0833. The number of carbonyl (C=O) groups excluding carboxylic acids is 2. The summed E-state index contributed by atoms with van der Waals surface area (Å²) >= 11 is 0. The summed E-state index contributed by atoms with van der Waals surface area (Å²) in [5.74, 6) is 2.73. The van der Waals surface area contributed by atoms with Gasteiger partial charge in [0.05, 0.1) is 5.69 Å². The molecular weight excluding hydrogens is 595 g/mol. The van der Waals surface area contributed by atoms with Gasteiger partial charge in [-0.3, -0.25) is 9.59 Å². The van der Waals surface area contributed by atoms with Crippen LogP contribution in [0.25, 0.3) is 22.0 Å². The van der Waals surface area contributed by atoms with Crippen molar-refractivity contribution in [1.29, 1.82) is 0 Å². The van der Waals surface area contributed by atoms with E-state index in [1.165, 1.54) is 30.7 Å². The van der Waals surface area contributed by atoms with Crippen molar-refractivity contribution in [2.45, 2.75) is 71.4 Å². The van der Waals surface area contributed by atoms with Crippen LogP contribution in [0.1, 0.15) is 38.2 Å². The van der Waals surface area contributed by atoms with Crippen molar-refractivity contribution in [2.75, 3.05) is 13.2 Å². The van der Waals surface area contributed by atoms with E-state index in [1.54, 1.807) is 6.20 Å². The average molecular weight is 640 g/mol. The van der Waals surface area contributed by atoms with Gasteiger partial charge in [-0.15, -0.1) is 0 Å². The van der Waals surface area contributed by atoms with Crippen LogP contribution in [0.5, 0.6) is 11.6 Å². The number of esters is 1. The summed E-state index contributed by atoms with van der Waals surface area (Å²) in [5, 5.41) is 6.74. The van der Waals surface area contributed by atoms with Crippen LogP contribution in [0.15, 0.2) is 67.0 Å². The number of rotatable bonds is 13. The first-order valence-electron chi connectivity index (χ1n) is 16.5. The van der Waals surface area contributed by atoms with E-state index in [0.29, 0.717) is 30.4 Å². The highest BCUT2D eigenvalue weighted by atomic mass is 28.3. The Morgan fingerprint density at radius 2 is 1.72 bits per heavy atom. The highest BCUT2D eigenvalue weighted by Crippen LogP contribution is 2.50. The third kappa shape index (κ3) is 7.93. The highest BCUT2D eigenvalue weighted by molar-refractivity contribution is 6.76. The van der Waals surface area contributed by atoms with Crippen molar-refractivity contribution < 1.29 is 23.8 Å². The molecule has 0 spiro atoms. The van der Waals surface area contributed by atoms with Gasteiger partial charge in [0.2, 0.25) is 5.88 Å². The van der Waals surface area contributed by atoms with Crippen LogP contribution >= 0.6 is 0 Å². The molecule has 8 nitrogen and oxygen atoms in total. The van der Waals surface area contributed by atoms with Crippen molar-refractivity contribution >= 4 is 30.6 Å². The lowest BCUT2D eigenvalue weighted by atomic mass is 9.70. The van der Waals surface area contributed by atoms with E-state index in [1.807, 2.05) is 35.1 Å². The third-order valence-electron chi connectivity index (χ3n) is 9.70. The molecule has 242 valence electrons. The number of carbonyl (C=O) groups is 2. The monoisotopic (exact) mass is 639 g/mol. The molecule has 2 atom stereocenters. The Bertz CT molecular complexity index is 1660. The van der Waals surface area contributed by atoms with Crippen LogP contribution in [0.2, 0.25) is 25.7 Å². The van der Waals surface area contributed by atoms with Crippen molar-refractivity contribution in [3.8, 4) is 22.9 Å². The summed E-state index contributed by atoms with van der Waals surface area (Å²) in [6, 6.07) is 19.9. The Balaban J connectivity index is 1.05. The van der Waals surface area contributed by atoms with E-state index < -0.39 is 8.07 Å². The van der Waals surface area contributed by atoms with E-state index in [9.17, 15) is 9.59 Å². The molecule has 6 rings (SSSR count). The topological polar surface area (TPSA) is 92.5 Å². The molecule has 2 aromatic carbocycles. The number of aromatic nitrogens is 3. The minimum atomic E-state index is -1.13. The van der Waals surface area contributed by atoms with Gasteiger partial charge in [-0.2, -0.15) is 5.10 Å². The minimum Gasteiger partial charge on any atom is -0.458 e. The molecule has 0 N–H and O–H groups in total. The molecule has 0 saturated heterocycles. The molecule has 9 heteroatoms. The normalized spacial score (nSPS) is 21.0. The summed E-state index contributed by atoms with van der Waals surface area (Å²) < 4.78 is 18.9. The molecule has 2 fully saturated rings. The van der Waals surface area contributed by atoms with Gasteiger partial charge < -0.3 is 14.2 Å². The predicted octanol–water partition coefficient (Wildman–Crippen LogP) is 7.93. The van der Waals surface area contributed by atoms with Gasteiger partial charge in [0, 0.05) is 51.5 Å². The number of fused-ring (bicyclic) bond motifs is 3. The van der Waals surface area contributed by atoms with E-state index in [0.717, 1.165) is 54.3 Å². The van der Waals surface area contributed by atoms with Gasteiger partial charge in [0.15, 0.2) is 5.78 Å². The highest BCUT2D eigenvalue weighted by Gasteiger charge is 2.44.